The smallest absolute Gasteiger partial charge is 0.233 e. The molecular weight excluding hydrogens is 216 g/mol. The van der Waals surface area contributed by atoms with Gasteiger partial charge in [-0.25, -0.2) is 0 Å². The fourth-order valence-electron chi connectivity index (χ4n) is 1.24. The first-order chi connectivity index (χ1) is 8.10. The number of hydrogen-bond donors (Lipinski definition) is 0. The summed E-state index contributed by atoms with van der Waals surface area (Å²) in [5.41, 5.74) is 0.422. The summed E-state index contributed by atoms with van der Waals surface area (Å²) in [5, 5.41) is 0. The van der Waals surface area contributed by atoms with Crippen LogP contribution < -0.4 is 4.74 Å². The highest BCUT2D eigenvalue weighted by Crippen LogP contribution is 2.13. The minimum absolute atomic E-state index is 0.101. The Balaban J connectivity index is 2.86. The number of carbonyl (C=O) groups excluding carboxylic acids is 2. The Labute approximate surface area is 100 Å². The molecule has 0 radical (unpaired) electrons. The summed E-state index contributed by atoms with van der Waals surface area (Å²) < 4.78 is 5.24. The van der Waals surface area contributed by atoms with Crippen molar-refractivity contribution in [2.24, 2.45) is 0 Å². The van der Waals surface area contributed by atoms with Crippen molar-refractivity contribution in [1.29, 1.82) is 0 Å². The Morgan fingerprint density at radius 2 is 1.88 bits per heavy atom. The fourth-order valence-corrected chi connectivity index (χ4v) is 1.24. The number of ether oxygens (including phenoxy) is 1. The Kier molecular flexibility index (Phi) is 4.40. The molecule has 3 heteroatoms. The highest BCUT2D eigenvalue weighted by Gasteiger charge is 2.17. The topological polar surface area (TPSA) is 43.4 Å². The minimum Gasteiger partial charge on any atom is -0.494 e. The molecule has 0 aliphatic carbocycles. The molecule has 0 fully saturated rings. The SMILES string of the molecule is C=CC(=C)C(=O)C(=O)c1ccc(OCC)cc1. The number of hydrogen-bond acceptors (Lipinski definition) is 3. The van der Waals surface area contributed by atoms with Crippen LogP contribution in [0.4, 0.5) is 0 Å². The molecule has 3 nitrogen and oxygen atoms in total. The highest BCUT2D eigenvalue weighted by atomic mass is 16.5. The van der Waals surface area contributed by atoms with Gasteiger partial charge in [0.25, 0.3) is 0 Å². The Morgan fingerprint density at radius 1 is 1.29 bits per heavy atom. The number of ketones is 2. The molecule has 88 valence electrons. The molecule has 0 aliphatic heterocycles. The van der Waals surface area contributed by atoms with Crippen molar-refractivity contribution in [2.75, 3.05) is 6.61 Å². The van der Waals surface area contributed by atoms with Crippen LogP contribution in [0.2, 0.25) is 0 Å². The van der Waals surface area contributed by atoms with Crippen LogP contribution in [-0.2, 0) is 4.79 Å². The van der Waals surface area contributed by atoms with E-state index in [1.807, 2.05) is 6.92 Å². The maximum Gasteiger partial charge on any atom is 0.233 e. The Morgan fingerprint density at radius 3 is 2.35 bits per heavy atom. The molecule has 0 aliphatic rings. The molecule has 0 heterocycles. The van der Waals surface area contributed by atoms with Gasteiger partial charge in [0.1, 0.15) is 5.75 Å². The van der Waals surface area contributed by atoms with E-state index in [1.54, 1.807) is 24.3 Å². The van der Waals surface area contributed by atoms with E-state index in [2.05, 4.69) is 13.2 Å². The van der Waals surface area contributed by atoms with E-state index < -0.39 is 11.6 Å². The van der Waals surface area contributed by atoms with Crippen molar-refractivity contribution in [1.82, 2.24) is 0 Å². The molecule has 0 N–H and O–H groups in total. The van der Waals surface area contributed by atoms with E-state index in [4.69, 9.17) is 4.74 Å². The van der Waals surface area contributed by atoms with Crippen molar-refractivity contribution < 1.29 is 14.3 Å². The summed E-state index contributed by atoms with van der Waals surface area (Å²) in [6.45, 7) is 9.28. The molecule has 1 rings (SSSR count). The van der Waals surface area contributed by atoms with Crippen molar-refractivity contribution in [2.45, 2.75) is 6.92 Å². The van der Waals surface area contributed by atoms with Crippen molar-refractivity contribution >= 4 is 11.6 Å². The van der Waals surface area contributed by atoms with E-state index in [-0.39, 0.29) is 5.57 Å². The zero-order valence-corrected chi connectivity index (χ0v) is 9.73. The van der Waals surface area contributed by atoms with E-state index in [1.165, 1.54) is 6.08 Å². The molecule has 0 saturated heterocycles. The van der Waals surface area contributed by atoms with Gasteiger partial charge in [-0.15, -0.1) is 0 Å². The third-order valence-electron chi connectivity index (χ3n) is 2.17. The lowest BCUT2D eigenvalue weighted by Crippen LogP contribution is -2.14. The Hall–Kier alpha value is -2.16. The average molecular weight is 230 g/mol. The zero-order chi connectivity index (χ0) is 12.8. The van der Waals surface area contributed by atoms with Gasteiger partial charge in [-0.05, 0) is 31.2 Å². The maximum absolute atomic E-state index is 11.7. The minimum atomic E-state index is -0.635. The van der Waals surface area contributed by atoms with Gasteiger partial charge in [0, 0.05) is 11.1 Å². The monoisotopic (exact) mass is 230 g/mol. The number of benzene rings is 1. The van der Waals surface area contributed by atoms with Gasteiger partial charge in [0.05, 0.1) is 6.61 Å². The molecule has 0 aromatic heterocycles. The zero-order valence-electron chi connectivity index (χ0n) is 9.73. The number of allylic oxidation sites excluding steroid dienone is 2. The second-order valence-corrected chi connectivity index (χ2v) is 3.35. The van der Waals surface area contributed by atoms with Crippen LogP contribution in [0.25, 0.3) is 0 Å². The second-order valence-electron chi connectivity index (χ2n) is 3.35. The van der Waals surface area contributed by atoms with E-state index in [0.29, 0.717) is 17.9 Å². The molecule has 1 aromatic rings. The summed E-state index contributed by atoms with van der Waals surface area (Å²) in [7, 11) is 0. The number of carbonyl (C=O) groups is 2. The van der Waals surface area contributed by atoms with Crippen LogP contribution >= 0.6 is 0 Å². The van der Waals surface area contributed by atoms with Crippen LogP contribution in [0.15, 0.2) is 49.1 Å². The van der Waals surface area contributed by atoms with Crippen LogP contribution in [0.1, 0.15) is 17.3 Å². The lowest BCUT2D eigenvalue weighted by molar-refractivity contribution is -0.111. The number of rotatable bonds is 6. The molecule has 1 aromatic carbocycles. The first-order valence-electron chi connectivity index (χ1n) is 5.23. The van der Waals surface area contributed by atoms with Crippen LogP contribution in [0.3, 0.4) is 0 Å². The quantitative estimate of drug-likeness (QED) is 0.326. The summed E-state index contributed by atoms with van der Waals surface area (Å²) >= 11 is 0. The third-order valence-corrected chi connectivity index (χ3v) is 2.17. The highest BCUT2D eigenvalue weighted by molar-refractivity contribution is 6.49. The fraction of sp³-hybridized carbons (Fsp3) is 0.143. The normalized spacial score (nSPS) is 9.47. The predicted octanol–water partition coefficient (Wildman–Crippen LogP) is 2.58. The summed E-state index contributed by atoms with van der Waals surface area (Å²) in [6, 6.07) is 6.42. The van der Waals surface area contributed by atoms with Crippen LogP contribution in [-0.4, -0.2) is 18.2 Å². The van der Waals surface area contributed by atoms with Gasteiger partial charge in [0.15, 0.2) is 0 Å². The van der Waals surface area contributed by atoms with Crippen LogP contribution in [0, 0.1) is 0 Å². The molecule has 0 spiro atoms. The predicted molar refractivity (Wildman–Crippen MR) is 66.3 cm³/mol. The van der Waals surface area contributed by atoms with Crippen molar-refractivity contribution in [3.63, 3.8) is 0 Å². The molecule has 0 bridgehead atoms. The van der Waals surface area contributed by atoms with E-state index >= 15 is 0 Å². The largest absolute Gasteiger partial charge is 0.494 e. The lowest BCUT2D eigenvalue weighted by atomic mass is 10.0. The van der Waals surface area contributed by atoms with Crippen LogP contribution in [0.5, 0.6) is 5.75 Å². The molecule has 0 unspecified atom stereocenters. The van der Waals surface area contributed by atoms with Gasteiger partial charge in [-0.2, -0.15) is 0 Å². The first kappa shape index (κ1) is 12.9. The van der Waals surface area contributed by atoms with Crippen molar-refractivity contribution in [3.8, 4) is 5.75 Å². The summed E-state index contributed by atoms with van der Waals surface area (Å²) in [6.07, 6.45) is 1.27. The number of Topliss-reactive ketones (excluding diaryl/α,β-unsaturated/α-hetero) is 2. The molecular formula is C14H14O3. The maximum atomic E-state index is 11.7. The second kappa shape index (κ2) is 5.80. The van der Waals surface area contributed by atoms with Gasteiger partial charge < -0.3 is 4.74 Å². The molecule has 17 heavy (non-hydrogen) atoms. The third kappa shape index (κ3) is 3.14. The van der Waals surface area contributed by atoms with Gasteiger partial charge in [0.2, 0.25) is 11.6 Å². The average Bonchev–Trinajstić information content (AvgIpc) is 2.37. The molecule has 0 saturated carbocycles. The van der Waals surface area contributed by atoms with Gasteiger partial charge in [-0.3, -0.25) is 9.59 Å². The summed E-state index contributed by atoms with van der Waals surface area (Å²) in [4.78, 5) is 23.2. The lowest BCUT2D eigenvalue weighted by Gasteiger charge is -2.04. The summed E-state index contributed by atoms with van der Waals surface area (Å²) in [5.74, 6) is -0.554. The van der Waals surface area contributed by atoms with E-state index in [9.17, 15) is 9.59 Å². The Bertz CT molecular complexity index is 455. The van der Waals surface area contributed by atoms with Crippen molar-refractivity contribution in [3.05, 3.63) is 54.6 Å². The van der Waals surface area contributed by atoms with Gasteiger partial charge >= 0.3 is 0 Å². The molecule has 0 atom stereocenters. The van der Waals surface area contributed by atoms with Gasteiger partial charge in [-0.1, -0.05) is 19.2 Å². The first-order valence-corrected chi connectivity index (χ1v) is 5.23. The van der Waals surface area contributed by atoms with E-state index in [0.717, 1.165) is 0 Å². The standard InChI is InChI=1S/C14H14O3/c1-4-10(3)13(15)14(16)11-6-8-12(9-7-11)17-5-2/h4,6-9H,1,3,5H2,2H3. The molecule has 0 amide bonds.